The molecule has 20 heavy (non-hydrogen) atoms. The lowest BCUT2D eigenvalue weighted by atomic mass is 9.71. The van der Waals surface area contributed by atoms with Gasteiger partial charge in [-0.1, -0.05) is 18.4 Å². The van der Waals surface area contributed by atoms with Crippen LogP contribution in [0.2, 0.25) is 6.82 Å². The van der Waals surface area contributed by atoms with Crippen molar-refractivity contribution >= 4 is 29.1 Å². The Morgan fingerprint density at radius 1 is 1.25 bits per heavy atom. The number of benzene rings is 1. The van der Waals surface area contributed by atoms with Gasteiger partial charge in [-0.05, 0) is 54.0 Å². The van der Waals surface area contributed by atoms with Crippen LogP contribution >= 0.6 is 11.3 Å². The van der Waals surface area contributed by atoms with E-state index in [2.05, 4.69) is 32.8 Å². The molecule has 0 aliphatic carbocycles. The lowest BCUT2D eigenvalue weighted by Crippen LogP contribution is -2.30. The molecule has 0 unspecified atom stereocenters. The Labute approximate surface area is 124 Å². The van der Waals surface area contributed by atoms with Gasteiger partial charge in [-0.2, -0.15) is 0 Å². The van der Waals surface area contributed by atoms with Crippen LogP contribution in [0.1, 0.15) is 21.6 Å². The number of hydrogen-bond donors (Lipinski definition) is 0. The molecule has 0 N–H and O–H groups in total. The maximum atomic E-state index is 13.3. The molecule has 1 aliphatic rings. The zero-order chi connectivity index (χ0) is 14.3. The predicted octanol–water partition coefficient (Wildman–Crippen LogP) is 3.44. The Hall–Kier alpha value is -1.29. The zero-order valence-corrected chi connectivity index (χ0v) is 13.0. The van der Waals surface area contributed by atoms with Crippen molar-refractivity contribution in [2.45, 2.75) is 33.6 Å². The number of thiophene rings is 1. The molecule has 4 heteroatoms. The third kappa shape index (κ3) is 2.26. The van der Waals surface area contributed by atoms with Crippen molar-refractivity contribution in [1.29, 1.82) is 0 Å². The molecule has 0 bridgehead atoms. The predicted molar refractivity (Wildman–Crippen MR) is 86.2 cm³/mol. The minimum absolute atomic E-state index is 0.122. The highest BCUT2D eigenvalue weighted by atomic mass is 32.1. The van der Waals surface area contributed by atoms with Crippen LogP contribution in [0.25, 0.3) is 0 Å². The molecule has 0 fully saturated rings. The number of fused-ring (bicyclic) bond motifs is 1. The summed E-state index contributed by atoms with van der Waals surface area (Å²) in [6.07, 6.45) is 0.925. The molecule has 3 rings (SSSR count). The van der Waals surface area contributed by atoms with Crippen molar-refractivity contribution in [3.05, 3.63) is 45.6 Å². The summed E-state index contributed by atoms with van der Waals surface area (Å²) in [7, 11) is 2.19. The number of aryl methyl sites for hydroxylation is 1. The van der Waals surface area contributed by atoms with E-state index in [1.807, 2.05) is 17.4 Å². The van der Waals surface area contributed by atoms with Crippen LogP contribution in [0.4, 0.5) is 9.39 Å². The topological polar surface area (TPSA) is 3.24 Å². The number of nitrogens with zero attached hydrogens (tertiary/aromatic N) is 1. The first kappa shape index (κ1) is 13.7. The molecular formula is C16H18BFNS. The highest BCUT2D eigenvalue weighted by Crippen LogP contribution is 2.32. The van der Waals surface area contributed by atoms with Crippen LogP contribution in [-0.2, 0) is 13.0 Å². The van der Waals surface area contributed by atoms with E-state index in [1.165, 1.54) is 26.5 Å². The van der Waals surface area contributed by atoms with E-state index in [1.54, 1.807) is 12.1 Å². The molecule has 0 atom stereocenters. The average Bonchev–Trinajstić information content (AvgIpc) is 2.73. The second-order valence-corrected chi connectivity index (χ2v) is 6.58. The van der Waals surface area contributed by atoms with Crippen LogP contribution in [0.15, 0.2) is 18.2 Å². The fraction of sp³-hybridized carbons (Fsp3) is 0.375. The molecule has 1 nitrogen and oxygen atoms in total. The first-order chi connectivity index (χ1) is 9.60. The quantitative estimate of drug-likeness (QED) is 0.764. The van der Waals surface area contributed by atoms with Crippen molar-refractivity contribution in [2.75, 3.05) is 11.4 Å². The minimum Gasteiger partial charge on any atom is -0.359 e. The van der Waals surface area contributed by atoms with E-state index in [-0.39, 0.29) is 5.82 Å². The Kier molecular flexibility index (Phi) is 3.59. The lowest BCUT2D eigenvalue weighted by Gasteiger charge is -2.30. The standard InChI is InChI=1S/C16H18BFNS/c1-10-15(17-3)11(2)20-16(10)19-7-6-12-8-14(18)5-4-13(12)9-19/h4-5,8H,6-7,9H2,1-3H3. The fourth-order valence-corrected chi connectivity index (χ4v) is 4.29. The van der Waals surface area contributed by atoms with E-state index in [4.69, 9.17) is 0 Å². The largest absolute Gasteiger partial charge is 0.359 e. The zero-order valence-electron chi connectivity index (χ0n) is 12.2. The first-order valence-corrected chi connectivity index (χ1v) is 7.83. The molecule has 103 valence electrons. The van der Waals surface area contributed by atoms with Crippen LogP contribution < -0.4 is 10.4 Å². The van der Waals surface area contributed by atoms with E-state index >= 15 is 0 Å². The highest BCUT2D eigenvalue weighted by molar-refractivity contribution is 7.17. The van der Waals surface area contributed by atoms with E-state index < -0.39 is 0 Å². The van der Waals surface area contributed by atoms with Crippen molar-refractivity contribution < 1.29 is 4.39 Å². The van der Waals surface area contributed by atoms with E-state index in [9.17, 15) is 4.39 Å². The van der Waals surface area contributed by atoms with Gasteiger partial charge in [-0.15, -0.1) is 11.3 Å². The van der Waals surface area contributed by atoms with Gasteiger partial charge in [-0.25, -0.2) is 4.39 Å². The molecule has 0 spiro atoms. The van der Waals surface area contributed by atoms with Crippen molar-refractivity contribution in [3.63, 3.8) is 0 Å². The smallest absolute Gasteiger partial charge is 0.150 e. The summed E-state index contributed by atoms with van der Waals surface area (Å²) in [4.78, 5) is 3.81. The summed E-state index contributed by atoms with van der Waals surface area (Å²) < 4.78 is 13.3. The van der Waals surface area contributed by atoms with Crippen LogP contribution in [0.5, 0.6) is 0 Å². The summed E-state index contributed by atoms with van der Waals surface area (Å²) in [5.74, 6) is -0.122. The monoisotopic (exact) mass is 286 g/mol. The summed E-state index contributed by atoms with van der Waals surface area (Å²) >= 11 is 1.87. The Bertz CT molecular complexity index is 650. The fourth-order valence-electron chi connectivity index (χ4n) is 3.07. The SMILES string of the molecule is C[B]c1c(C)sc(N2CCc3cc(F)ccc3C2)c1C. The van der Waals surface area contributed by atoms with Crippen LogP contribution in [0, 0.1) is 19.7 Å². The molecular weight excluding hydrogens is 268 g/mol. The lowest BCUT2D eigenvalue weighted by molar-refractivity contribution is 0.619. The maximum Gasteiger partial charge on any atom is 0.150 e. The van der Waals surface area contributed by atoms with Gasteiger partial charge in [0, 0.05) is 13.1 Å². The summed E-state index contributed by atoms with van der Waals surface area (Å²) in [6, 6.07) is 5.18. The minimum atomic E-state index is -0.122. The summed E-state index contributed by atoms with van der Waals surface area (Å²) in [5.41, 5.74) is 5.16. The molecule has 0 saturated carbocycles. The normalized spacial score (nSPS) is 14.3. The van der Waals surface area contributed by atoms with Gasteiger partial charge in [0.1, 0.15) is 13.1 Å². The highest BCUT2D eigenvalue weighted by Gasteiger charge is 2.21. The average molecular weight is 286 g/mol. The summed E-state index contributed by atoms with van der Waals surface area (Å²) in [6.45, 7) is 8.35. The van der Waals surface area contributed by atoms with Crippen molar-refractivity contribution in [1.82, 2.24) is 0 Å². The second kappa shape index (κ2) is 5.25. The van der Waals surface area contributed by atoms with Crippen LogP contribution in [0.3, 0.4) is 0 Å². The molecule has 0 saturated heterocycles. The number of anilines is 1. The molecule has 2 heterocycles. The molecule has 2 aromatic rings. The van der Waals surface area contributed by atoms with Crippen molar-refractivity contribution in [2.24, 2.45) is 0 Å². The third-order valence-electron chi connectivity index (χ3n) is 4.11. The summed E-state index contributed by atoms with van der Waals surface area (Å²) in [5, 5.41) is 1.37. The van der Waals surface area contributed by atoms with Gasteiger partial charge in [0.05, 0.1) is 5.00 Å². The molecule has 1 aliphatic heterocycles. The number of hydrogen-bond acceptors (Lipinski definition) is 2. The third-order valence-corrected chi connectivity index (χ3v) is 5.39. The first-order valence-electron chi connectivity index (χ1n) is 7.01. The van der Waals surface area contributed by atoms with Crippen LogP contribution in [-0.4, -0.2) is 13.8 Å². The molecule has 0 amide bonds. The van der Waals surface area contributed by atoms with Gasteiger partial charge < -0.3 is 4.90 Å². The Morgan fingerprint density at radius 2 is 2.05 bits per heavy atom. The van der Waals surface area contributed by atoms with Gasteiger partial charge >= 0.3 is 0 Å². The van der Waals surface area contributed by atoms with Gasteiger partial charge in [0.25, 0.3) is 0 Å². The van der Waals surface area contributed by atoms with E-state index in [0.29, 0.717) is 0 Å². The van der Waals surface area contributed by atoms with Gasteiger partial charge in [-0.3, -0.25) is 0 Å². The number of halogens is 1. The molecule has 1 radical (unpaired) electrons. The Morgan fingerprint density at radius 3 is 2.75 bits per heavy atom. The second-order valence-electron chi connectivity index (χ2n) is 5.38. The number of rotatable bonds is 2. The maximum absolute atomic E-state index is 13.3. The van der Waals surface area contributed by atoms with Gasteiger partial charge in [0.2, 0.25) is 0 Å². The van der Waals surface area contributed by atoms with E-state index in [0.717, 1.165) is 25.1 Å². The Balaban J connectivity index is 1.92. The van der Waals surface area contributed by atoms with Crippen molar-refractivity contribution in [3.8, 4) is 0 Å². The molecule has 1 aromatic heterocycles. The molecule has 1 aromatic carbocycles. The van der Waals surface area contributed by atoms with Gasteiger partial charge in [0.15, 0.2) is 0 Å².